The Balaban J connectivity index is 2.50. The van der Waals surface area contributed by atoms with Crippen LogP contribution in [0.25, 0.3) is 0 Å². The molecule has 0 saturated heterocycles. The van der Waals surface area contributed by atoms with Gasteiger partial charge in [0.15, 0.2) is 8.32 Å². The van der Waals surface area contributed by atoms with Gasteiger partial charge in [-0.25, -0.2) is 0 Å². The highest BCUT2D eigenvalue weighted by Crippen LogP contribution is 2.43. The van der Waals surface area contributed by atoms with Gasteiger partial charge in [-0.3, -0.25) is 0 Å². The number of hydrogen-bond acceptors (Lipinski definition) is 2. The molecule has 0 aromatic heterocycles. The lowest BCUT2D eigenvalue weighted by atomic mass is 9.91. The first-order chi connectivity index (χ1) is 13.0. The van der Waals surface area contributed by atoms with E-state index in [2.05, 4.69) is 54.6 Å². The average Bonchev–Trinajstić information content (AvgIpc) is 2.62. The Bertz CT molecular complexity index is 839. The highest BCUT2D eigenvalue weighted by atomic mass is 79.9. The topological polar surface area (TPSA) is 29.5 Å². The van der Waals surface area contributed by atoms with Crippen LogP contribution in [0.5, 0.6) is 5.75 Å². The summed E-state index contributed by atoms with van der Waals surface area (Å²) in [5.41, 5.74) is 4.52. The third-order valence-electron chi connectivity index (χ3n) is 5.68. The fraction of sp³-hybridized carbons (Fsp3) is 0.391. The molecule has 5 heteroatoms. The van der Waals surface area contributed by atoms with Crippen molar-refractivity contribution < 1.29 is 9.53 Å². The zero-order chi connectivity index (χ0) is 21.1. The predicted octanol–water partition coefficient (Wildman–Crippen LogP) is 6.95. The van der Waals surface area contributed by atoms with E-state index < -0.39 is 8.32 Å². The van der Waals surface area contributed by atoms with Gasteiger partial charge in [0.05, 0.1) is 7.11 Å². The van der Waals surface area contributed by atoms with Crippen LogP contribution in [-0.4, -0.2) is 20.2 Å². The van der Waals surface area contributed by atoms with Crippen molar-refractivity contribution in [3.63, 3.8) is 0 Å². The Labute approximate surface area is 183 Å². The summed E-state index contributed by atoms with van der Waals surface area (Å²) >= 11 is 10.7. The molecule has 0 amide bonds. The highest BCUT2D eigenvalue weighted by Gasteiger charge is 2.39. The molecule has 0 fully saturated rings. The van der Waals surface area contributed by atoms with Gasteiger partial charge in [-0.05, 0) is 77.8 Å². The van der Waals surface area contributed by atoms with Gasteiger partial charge in [0.2, 0.25) is 0 Å². The van der Waals surface area contributed by atoms with Crippen LogP contribution in [0.15, 0.2) is 47.5 Å². The third kappa shape index (κ3) is 5.29. The van der Waals surface area contributed by atoms with Gasteiger partial charge in [-0.2, -0.15) is 0 Å². The standard InChI is InChI=1S/C23H30BrClO2Si/c1-7-8-19-20(15-23(2,3)28(5,6)26)22(25)17(14-21(19)24)13-16-9-11-18(27-4)12-10-16/h7,9-12,14,26H,1,8,13,15H2,2-6H3. The minimum absolute atomic E-state index is 0.204. The molecule has 0 bridgehead atoms. The molecule has 0 spiro atoms. The molecule has 0 unspecified atom stereocenters. The van der Waals surface area contributed by atoms with Crippen molar-refractivity contribution in [2.45, 2.75) is 51.2 Å². The summed E-state index contributed by atoms with van der Waals surface area (Å²) in [7, 11) is -0.702. The SMILES string of the molecule is C=CCc1c(Br)cc(Cc2ccc(OC)cc2)c(Cl)c1CC(C)(C)[Si](C)(C)O. The third-order valence-corrected chi connectivity index (χ3v) is 10.3. The Morgan fingerprint density at radius 1 is 1.21 bits per heavy atom. The first kappa shape index (κ1) is 23.2. The maximum Gasteiger partial charge on any atom is 0.188 e. The van der Waals surface area contributed by atoms with Crippen LogP contribution in [0.2, 0.25) is 23.2 Å². The van der Waals surface area contributed by atoms with E-state index in [0.29, 0.717) is 0 Å². The van der Waals surface area contributed by atoms with Crippen molar-refractivity contribution in [1.29, 1.82) is 0 Å². The Hall–Kier alpha value is -1.07. The molecule has 28 heavy (non-hydrogen) atoms. The van der Waals surface area contributed by atoms with Gasteiger partial charge < -0.3 is 9.53 Å². The fourth-order valence-electron chi connectivity index (χ4n) is 3.07. The zero-order valence-electron chi connectivity index (χ0n) is 17.4. The van der Waals surface area contributed by atoms with Crippen molar-refractivity contribution in [3.05, 3.63) is 74.7 Å². The van der Waals surface area contributed by atoms with E-state index in [4.69, 9.17) is 16.3 Å². The lowest BCUT2D eigenvalue weighted by molar-refractivity contribution is 0.414. The number of benzene rings is 2. The minimum atomic E-state index is -2.37. The van der Waals surface area contributed by atoms with E-state index in [1.165, 1.54) is 5.56 Å². The summed E-state index contributed by atoms with van der Waals surface area (Å²) < 4.78 is 6.29. The van der Waals surface area contributed by atoms with Crippen LogP contribution in [0.4, 0.5) is 0 Å². The second-order valence-corrected chi connectivity index (χ2v) is 14.1. The quantitative estimate of drug-likeness (QED) is 0.326. The molecule has 1 N–H and O–H groups in total. The monoisotopic (exact) mass is 480 g/mol. The second kappa shape index (κ2) is 9.16. The molecule has 0 radical (unpaired) electrons. The highest BCUT2D eigenvalue weighted by molar-refractivity contribution is 9.10. The molecule has 2 aromatic rings. The van der Waals surface area contributed by atoms with Gasteiger partial charge in [0.25, 0.3) is 0 Å². The van der Waals surface area contributed by atoms with Crippen molar-refractivity contribution in [3.8, 4) is 5.75 Å². The Kier molecular flexibility index (Phi) is 7.60. The first-order valence-corrected chi connectivity index (χ1v) is 13.6. The molecule has 152 valence electrons. The van der Waals surface area contributed by atoms with Crippen molar-refractivity contribution in [2.75, 3.05) is 7.11 Å². The lowest BCUT2D eigenvalue weighted by Crippen LogP contribution is -2.40. The van der Waals surface area contributed by atoms with Crippen LogP contribution < -0.4 is 4.74 Å². The number of ether oxygens (including phenoxy) is 1. The molecule has 2 rings (SSSR count). The molecule has 2 aromatic carbocycles. The molecule has 0 aliphatic rings. The predicted molar refractivity (Wildman–Crippen MR) is 126 cm³/mol. The van der Waals surface area contributed by atoms with E-state index in [9.17, 15) is 4.80 Å². The Morgan fingerprint density at radius 2 is 1.82 bits per heavy atom. The second-order valence-electron chi connectivity index (χ2n) is 8.43. The van der Waals surface area contributed by atoms with Gasteiger partial charge >= 0.3 is 0 Å². The number of halogens is 2. The Morgan fingerprint density at radius 3 is 2.32 bits per heavy atom. The smallest absolute Gasteiger partial charge is 0.188 e. The minimum Gasteiger partial charge on any atom is -0.497 e. The van der Waals surface area contributed by atoms with Gasteiger partial charge in [0, 0.05) is 9.50 Å². The summed E-state index contributed by atoms with van der Waals surface area (Å²) in [6, 6.07) is 10.2. The van der Waals surface area contributed by atoms with Crippen LogP contribution in [0, 0.1) is 0 Å². The summed E-state index contributed by atoms with van der Waals surface area (Å²) in [5, 5.41) is 0.590. The van der Waals surface area contributed by atoms with Gasteiger partial charge in [-0.1, -0.05) is 59.6 Å². The van der Waals surface area contributed by atoms with Crippen molar-refractivity contribution in [1.82, 2.24) is 0 Å². The fourth-order valence-corrected chi connectivity index (χ4v) is 4.66. The van der Waals surface area contributed by atoms with Crippen LogP contribution >= 0.6 is 27.5 Å². The van der Waals surface area contributed by atoms with Crippen LogP contribution in [-0.2, 0) is 19.3 Å². The van der Waals surface area contributed by atoms with E-state index in [1.54, 1.807) is 7.11 Å². The number of allylic oxidation sites excluding steroid dienone is 1. The van der Waals surface area contributed by atoms with E-state index in [0.717, 1.165) is 51.2 Å². The molecular weight excluding hydrogens is 452 g/mol. The maximum atomic E-state index is 10.8. The molecule has 0 heterocycles. The molecule has 0 atom stereocenters. The summed E-state index contributed by atoms with van der Waals surface area (Å²) in [6.45, 7) is 12.2. The summed E-state index contributed by atoms with van der Waals surface area (Å²) in [4.78, 5) is 10.8. The number of rotatable bonds is 8. The van der Waals surface area contributed by atoms with E-state index in [-0.39, 0.29) is 5.04 Å². The number of hydrogen-bond donors (Lipinski definition) is 1. The molecular formula is C23H30BrClO2Si. The summed E-state index contributed by atoms with van der Waals surface area (Å²) in [5.74, 6) is 0.843. The molecule has 0 saturated carbocycles. The molecule has 2 nitrogen and oxygen atoms in total. The largest absolute Gasteiger partial charge is 0.497 e. The maximum absolute atomic E-state index is 10.8. The van der Waals surface area contributed by atoms with Crippen molar-refractivity contribution >= 4 is 35.8 Å². The molecule has 0 aliphatic carbocycles. The first-order valence-electron chi connectivity index (χ1n) is 9.45. The van der Waals surface area contributed by atoms with Gasteiger partial charge in [-0.15, -0.1) is 6.58 Å². The normalized spacial score (nSPS) is 12.1. The van der Waals surface area contributed by atoms with Crippen molar-refractivity contribution in [2.24, 2.45) is 0 Å². The van der Waals surface area contributed by atoms with E-state index >= 15 is 0 Å². The van der Waals surface area contributed by atoms with Gasteiger partial charge in [0.1, 0.15) is 5.75 Å². The molecule has 0 aliphatic heterocycles. The zero-order valence-corrected chi connectivity index (χ0v) is 20.7. The van der Waals surface area contributed by atoms with E-state index in [1.807, 2.05) is 31.3 Å². The van der Waals surface area contributed by atoms with Crippen LogP contribution in [0.1, 0.15) is 36.1 Å². The number of methoxy groups -OCH3 is 1. The summed E-state index contributed by atoms with van der Waals surface area (Å²) in [6.07, 6.45) is 4.11. The average molecular weight is 482 g/mol. The van der Waals surface area contributed by atoms with Crippen LogP contribution in [0.3, 0.4) is 0 Å². The lowest BCUT2D eigenvalue weighted by Gasteiger charge is -2.36.